The highest BCUT2D eigenvalue weighted by Crippen LogP contribution is 2.23. The number of hydrogen-bond acceptors (Lipinski definition) is 3. The molecule has 0 aromatic carbocycles. The van der Waals surface area contributed by atoms with E-state index in [-0.39, 0.29) is 0 Å². The van der Waals surface area contributed by atoms with Crippen LogP contribution in [-0.4, -0.2) is 23.1 Å². The van der Waals surface area contributed by atoms with Gasteiger partial charge in [0.1, 0.15) is 0 Å². The summed E-state index contributed by atoms with van der Waals surface area (Å²) in [6.07, 6.45) is 1.08. The van der Waals surface area contributed by atoms with Crippen LogP contribution in [0.25, 0.3) is 0 Å². The zero-order chi connectivity index (χ0) is 6.85. The van der Waals surface area contributed by atoms with Crippen molar-refractivity contribution >= 4 is 17.8 Å². The summed E-state index contributed by atoms with van der Waals surface area (Å²) < 4.78 is 6.44. The van der Waals surface area contributed by atoms with Crippen molar-refractivity contribution in [2.45, 2.75) is 26.3 Å². The SMILES string of the molecule is CCC1=NSN(C)C1C. The number of hydrogen-bond donors (Lipinski definition) is 0. The average molecular weight is 144 g/mol. The molecule has 9 heavy (non-hydrogen) atoms. The molecule has 0 fully saturated rings. The standard InChI is InChI=1S/C6H12N2S/c1-4-6-5(2)8(3)9-7-6/h5H,4H2,1-3H3. The van der Waals surface area contributed by atoms with Gasteiger partial charge in [-0.25, -0.2) is 8.70 Å². The molecular weight excluding hydrogens is 132 g/mol. The second-order valence-corrected chi connectivity index (χ2v) is 3.16. The molecule has 1 heterocycles. The molecule has 0 saturated carbocycles. The van der Waals surface area contributed by atoms with Crippen molar-refractivity contribution in [2.75, 3.05) is 7.05 Å². The minimum absolute atomic E-state index is 0.542. The minimum atomic E-state index is 0.542. The van der Waals surface area contributed by atoms with Crippen LogP contribution in [0, 0.1) is 0 Å². The summed E-state index contributed by atoms with van der Waals surface area (Å²) in [6.45, 7) is 4.33. The maximum atomic E-state index is 4.28. The molecule has 1 rings (SSSR count). The Labute approximate surface area is 60.6 Å². The maximum Gasteiger partial charge on any atom is 0.0619 e. The second-order valence-electron chi connectivity index (χ2n) is 2.24. The predicted octanol–water partition coefficient (Wildman–Crippen LogP) is 1.73. The van der Waals surface area contributed by atoms with Gasteiger partial charge < -0.3 is 0 Å². The van der Waals surface area contributed by atoms with E-state index in [1.54, 1.807) is 12.1 Å². The first-order valence-electron chi connectivity index (χ1n) is 3.22. The molecule has 0 aliphatic carbocycles. The summed E-state index contributed by atoms with van der Waals surface area (Å²) in [7, 11) is 2.07. The molecule has 0 bridgehead atoms. The first-order chi connectivity index (χ1) is 4.25. The van der Waals surface area contributed by atoms with Crippen molar-refractivity contribution in [3.63, 3.8) is 0 Å². The largest absolute Gasteiger partial charge is 0.226 e. The molecule has 0 N–H and O–H groups in total. The molecule has 3 heteroatoms. The summed E-state index contributed by atoms with van der Waals surface area (Å²) in [5, 5.41) is 0. The normalized spacial score (nSPS) is 28.8. The molecule has 52 valence electrons. The lowest BCUT2D eigenvalue weighted by Gasteiger charge is -2.12. The van der Waals surface area contributed by atoms with Crippen LogP contribution >= 0.6 is 12.1 Å². The first-order valence-corrected chi connectivity index (χ1v) is 3.95. The van der Waals surface area contributed by atoms with Crippen molar-refractivity contribution in [1.82, 2.24) is 4.31 Å². The van der Waals surface area contributed by atoms with Crippen LogP contribution in [0.2, 0.25) is 0 Å². The highest BCUT2D eigenvalue weighted by molar-refractivity contribution is 7.96. The van der Waals surface area contributed by atoms with Crippen LogP contribution in [0.4, 0.5) is 0 Å². The molecule has 0 amide bonds. The maximum absolute atomic E-state index is 4.28. The van der Waals surface area contributed by atoms with Gasteiger partial charge in [-0.05, 0) is 20.4 Å². The van der Waals surface area contributed by atoms with Gasteiger partial charge in [-0.3, -0.25) is 0 Å². The molecule has 1 aliphatic heterocycles. The monoisotopic (exact) mass is 144 g/mol. The Hall–Kier alpha value is -0.0200. The zero-order valence-electron chi connectivity index (χ0n) is 6.09. The van der Waals surface area contributed by atoms with Crippen LogP contribution in [0.1, 0.15) is 20.3 Å². The quantitative estimate of drug-likeness (QED) is 0.521. The van der Waals surface area contributed by atoms with Gasteiger partial charge in [0.15, 0.2) is 0 Å². The Balaban J connectivity index is 2.55. The average Bonchev–Trinajstić information content (AvgIpc) is 2.15. The molecule has 2 nitrogen and oxygen atoms in total. The van der Waals surface area contributed by atoms with E-state index in [0.29, 0.717) is 6.04 Å². The molecule has 0 radical (unpaired) electrons. The van der Waals surface area contributed by atoms with Crippen molar-refractivity contribution in [2.24, 2.45) is 4.40 Å². The van der Waals surface area contributed by atoms with Crippen LogP contribution in [-0.2, 0) is 0 Å². The van der Waals surface area contributed by atoms with E-state index >= 15 is 0 Å². The van der Waals surface area contributed by atoms with E-state index in [1.165, 1.54) is 5.71 Å². The Kier molecular flexibility index (Phi) is 2.13. The fourth-order valence-electron chi connectivity index (χ4n) is 0.834. The van der Waals surface area contributed by atoms with Gasteiger partial charge in [-0.1, -0.05) is 6.92 Å². The van der Waals surface area contributed by atoms with Gasteiger partial charge in [0.25, 0.3) is 0 Å². The Morgan fingerprint density at radius 3 is 2.67 bits per heavy atom. The highest BCUT2D eigenvalue weighted by Gasteiger charge is 2.20. The van der Waals surface area contributed by atoms with Crippen molar-refractivity contribution in [3.05, 3.63) is 0 Å². The van der Waals surface area contributed by atoms with Crippen molar-refractivity contribution in [1.29, 1.82) is 0 Å². The molecular formula is C6H12N2S. The molecule has 0 aromatic heterocycles. The molecule has 1 aliphatic rings. The van der Waals surface area contributed by atoms with Crippen molar-refractivity contribution < 1.29 is 0 Å². The van der Waals surface area contributed by atoms with E-state index < -0.39 is 0 Å². The third kappa shape index (κ3) is 1.27. The summed E-state index contributed by atoms with van der Waals surface area (Å²) >= 11 is 1.56. The topological polar surface area (TPSA) is 15.6 Å². The minimum Gasteiger partial charge on any atom is -0.226 e. The molecule has 1 unspecified atom stereocenters. The van der Waals surface area contributed by atoms with Gasteiger partial charge in [0.05, 0.1) is 18.2 Å². The molecule has 0 aromatic rings. The Bertz CT molecular complexity index is 133. The fourth-order valence-corrected chi connectivity index (χ4v) is 1.61. The lowest BCUT2D eigenvalue weighted by atomic mass is 10.2. The van der Waals surface area contributed by atoms with E-state index in [1.807, 2.05) is 0 Å². The molecule has 0 spiro atoms. The lowest BCUT2D eigenvalue weighted by Crippen LogP contribution is -2.24. The number of nitrogens with zero attached hydrogens (tertiary/aromatic N) is 2. The second kappa shape index (κ2) is 2.71. The summed E-state index contributed by atoms with van der Waals surface area (Å²) in [6, 6.07) is 0.542. The van der Waals surface area contributed by atoms with Gasteiger partial charge >= 0.3 is 0 Å². The molecule has 1 atom stereocenters. The summed E-state index contributed by atoms with van der Waals surface area (Å²) in [5.41, 5.74) is 1.31. The van der Waals surface area contributed by atoms with Crippen LogP contribution in [0.3, 0.4) is 0 Å². The van der Waals surface area contributed by atoms with Crippen LogP contribution in [0.5, 0.6) is 0 Å². The van der Waals surface area contributed by atoms with Crippen LogP contribution < -0.4 is 0 Å². The Morgan fingerprint density at radius 2 is 2.44 bits per heavy atom. The third-order valence-corrected chi connectivity index (χ3v) is 2.57. The molecule has 0 saturated heterocycles. The highest BCUT2D eigenvalue weighted by atomic mass is 32.2. The zero-order valence-corrected chi connectivity index (χ0v) is 6.90. The third-order valence-electron chi connectivity index (χ3n) is 1.68. The van der Waals surface area contributed by atoms with E-state index in [2.05, 4.69) is 29.6 Å². The van der Waals surface area contributed by atoms with Gasteiger partial charge in [-0.2, -0.15) is 0 Å². The number of rotatable bonds is 1. The van der Waals surface area contributed by atoms with Crippen LogP contribution in [0.15, 0.2) is 4.40 Å². The summed E-state index contributed by atoms with van der Waals surface area (Å²) in [4.78, 5) is 0. The van der Waals surface area contributed by atoms with E-state index in [0.717, 1.165) is 6.42 Å². The lowest BCUT2D eigenvalue weighted by molar-refractivity contribution is 0.541. The van der Waals surface area contributed by atoms with E-state index in [9.17, 15) is 0 Å². The first kappa shape index (κ1) is 7.09. The van der Waals surface area contributed by atoms with E-state index in [4.69, 9.17) is 0 Å². The van der Waals surface area contributed by atoms with Gasteiger partial charge in [0.2, 0.25) is 0 Å². The Morgan fingerprint density at radius 1 is 1.78 bits per heavy atom. The fraction of sp³-hybridized carbons (Fsp3) is 0.833. The van der Waals surface area contributed by atoms with Gasteiger partial charge in [-0.15, -0.1) is 0 Å². The smallest absolute Gasteiger partial charge is 0.0619 e. The summed E-state index contributed by atoms with van der Waals surface area (Å²) in [5.74, 6) is 0. The van der Waals surface area contributed by atoms with Gasteiger partial charge in [0, 0.05) is 5.71 Å². The predicted molar refractivity (Wildman–Crippen MR) is 42.5 cm³/mol. The van der Waals surface area contributed by atoms with Crippen molar-refractivity contribution in [3.8, 4) is 0 Å².